The normalized spacial score (nSPS) is 14.4. The summed E-state index contributed by atoms with van der Waals surface area (Å²) >= 11 is 0. The number of benzene rings is 1. The second kappa shape index (κ2) is 6.52. The molecule has 0 radical (unpaired) electrons. The summed E-state index contributed by atoms with van der Waals surface area (Å²) in [6.07, 6.45) is 0. The molecule has 3 rings (SSSR count). The lowest BCUT2D eigenvalue weighted by molar-refractivity contribution is 0.0129. The topological polar surface area (TPSA) is 89.1 Å². The lowest BCUT2D eigenvalue weighted by Crippen LogP contribution is -2.49. The molecule has 1 aliphatic heterocycles. The molecule has 24 heavy (non-hydrogen) atoms. The fourth-order valence-electron chi connectivity index (χ4n) is 2.52. The van der Waals surface area contributed by atoms with E-state index in [0.29, 0.717) is 18.9 Å². The predicted octanol–water partition coefficient (Wildman–Crippen LogP) is 1.06. The molecule has 0 aliphatic carbocycles. The van der Waals surface area contributed by atoms with Crippen LogP contribution < -0.4 is 11.1 Å². The van der Waals surface area contributed by atoms with Crippen molar-refractivity contribution in [1.82, 2.24) is 25.0 Å². The van der Waals surface area contributed by atoms with Gasteiger partial charge in [-0.1, -0.05) is 30.3 Å². The van der Waals surface area contributed by atoms with E-state index in [4.69, 9.17) is 5.73 Å². The minimum Gasteiger partial charge on any atom is -0.332 e. The first kappa shape index (κ1) is 16.3. The van der Waals surface area contributed by atoms with Crippen LogP contribution in [0, 0.1) is 0 Å². The smallest absolute Gasteiger partial charge is 0.318 e. The quantitative estimate of drug-likeness (QED) is 0.874. The molecule has 3 N–H and O–H groups in total. The average molecular weight is 336 g/mol. The second-order valence-corrected chi connectivity index (χ2v) is 5.60. The number of nitrogens with zero attached hydrogens (tertiary/aromatic N) is 4. The molecule has 1 aromatic heterocycles. The minimum atomic E-state index is -3.11. The van der Waals surface area contributed by atoms with Crippen molar-refractivity contribution in [3.05, 3.63) is 36.2 Å². The van der Waals surface area contributed by atoms with Crippen molar-refractivity contribution < 1.29 is 13.6 Å². The molecule has 2 aromatic rings. The Morgan fingerprint density at radius 3 is 2.71 bits per heavy atom. The van der Waals surface area contributed by atoms with Crippen LogP contribution in [-0.2, 0) is 13.1 Å². The van der Waals surface area contributed by atoms with E-state index in [1.54, 1.807) is 0 Å². The summed E-state index contributed by atoms with van der Waals surface area (Å²) in [6.45, 7) is -0.457. The molecular formula is C15H18F2N6O. The van der Waals surface area contributed by atoms with E-state index in [-0.39, 0.29) is 6.54 Å². The zero-order chi connectivity index (χ0) is 17.2. The minimum absolute atomic E-state index is 0.222. The predicted molar refractivity (Wildman–Crippen MR) is 83.3 cm³/mol. The highest BCUT2D eigenvalue weighted by Crippen LogP contribution is 2.21. The largest absolute Gasteiger partial charge is 0.332 e. The lowest BCUT2D eigenvalue weighted by Gasteiger charge is -2.28. The fourth-order valence-corrected chi connectivity index (χ4v) is 2.52. The van der Waals surface area contributed by atoms with E-state index in [2.05, 4.69) is 15.5 Å². The average Bonchev–Trinajstić information content (AvgIpc) is 3.03. The number of fused-ring (bicyclic) bond motifs is 1. The van der Waals surface area contributed by atoms with Crippen molar-refractivity contribution >= 4 is 6.03 Å². The molecule has 0 bridgehead atoms. The standard InChI is InChI=1S/C15H18F2N6O/c16-15(17,9-18)10-19-14(24)22-6-7-23-12(8-22)20-21-13(23)11-4-2-1-3-5-11/h1-5H,6-10,18H2,(H,19,24). The van der Waals surface area contributed by atoms with Crippen LogP contribution in [0.2, 0.25) is 0 Å². The van der Waals surface area contributed by atoms with E-state index < -0.39 is 25.0 Å². The Morgan fingerprint density at radius 1 is 1.25 bits per heavy atom. The number of rotatable bonds is 4. The van der Waals surface area contributed by atoms with Gasteiger partial charge in [0.05, 0.1) is 19.6 Å². The van der Waals surface area contributed by atoms with E-state index in [9.17, 15) is 13.6 Å². The Balaban J connectivity index is 1.68. The second-order valence-electron chi connectivity index (χ2n) is 5.60. The van der Waals surface area contributed by atoms with Gasteiger partial charge in [0.2, 0.25) is 0 Å². The van der Waals surface area contributed by atoms with Gasteiger partial charge in [0.1, 0.15) is 0 Å². The number of urea groups is 1. The van der Waals surface area contributed by atoms with Gasteiger partial charge in [-0.2, -0.15) is 0 Å². The van der Waals surface area contributed by atoms with Crippen molar-refractivity contribution in [3.63, 3.8) is 0 Å². The number of amides is 2. The van der Waals surface area contributed by atoms with Crippen LogP contribution in [0.4, 0.5) is 13.6 Å². The third-order valence-corrected chi connectivity index (χ3v) is 3.87. The fraction of sp³-hybridized carbons (Fsp3) is 0.400. The molecule has 0 unspecified atom stereocenters. The van der Waals surface area contributed by atoms with E-state index in [0.717, 1.165) is 11.4 Å². The van der Waals surface area contributed by atoms with Crippen molar-refractivity contribution in [2.24, 2.45) is 5.73 Å². The number of carbonyl (C=O) groups excluding carboxylic acids is 1. The van der Waals surface area contributed by atoms with E-state index in [1.807, 2.05) is 34.9 Å². The molecule has 0 saturated heterocycles. The Kier molecular flexibility index (Phi) is 4.43. The molecule has 9 heteroatoms. The summed E-state index contributed by atoms with van der Waals surface area (Å²) in [6, 6.07) is 9.06. The van der Waals surface area contributed by atoms with Crippen LogP contribution in [0.1, 0.15) is 5.82 Å². The third kappa shape index (κ3) is 3.35. The zero-order valence-corrected chi connectivity index (χ0v) is 13.0. The first-order valence-corrected chi connectivity index (χ1v) is 7.58. The van der Waals surface area contributed by atoms with Gasteiger partial charge in [-0.3, -0.25) is 0 Å². The lowest BCUT2D eigenvalue weighted by atomic mass is 10.2. The Bertz CT molecular complexity index is 718. The summed E-state index contributed by atoms with van der Waals surface area (Å²) in [5.74, 6) is -1.74. The van der Waals surface area contributed by atoms with Gasteiger partial charge in [0.25, 0.3) is 5.92 Å². The van der Waals surface area contributed by atoms with E-state index >= 15 is 0 Å². The molecule has 2 heterocycles. The van der Waals surface area contributed by atoms with Crippen LogP contribution in [0.3, 0.4) is 0 Å². The van der Waals surface area contributed by atoms with Crippen LogP contribution in [0.25, 0.3) is 11.4 Å². The maximum Gasteiger partial charge on any atom is 0.318 e. The Morgan fingerprint density at radius 2 is 2.00 bits per heavy atom. The number of nitrogens with two attached hydrogens (primary N) is 1. The summed E-state index contributed by atoms with van der Waals surface area (Å²) in [5.41, 5.74) is 5.90. The highest BCUT2D eigenvalue weighted by atomic mass is 19.3. The molecule has 2 amide bonds. The molecule has 0 spiro atoms. The van der Waals surface area contributed by atoms with Crippen LogP contribution in [-0.4, -0.2) is 51.3 Å². The van der Waals surface area contributed by atoms with Crippen molar-refractivity contribution in [2.45, 2.75) is 19.0 Å². The molecule has 128 valence electrons. The number of nitrogens with one attached hydrogen (secondary N) is 1. The molecule has 0 atom stereocenters. The van der Waals surface area contributed by atoms with Gasteiger partial charge in [-0.15, -0.1) is 10.2 Å². The first-order valence-electron chi connectivity index (χ1n) is 7.58. The van der Waals surface area contributed by atoms with Crippen LogP contribution >= 0.6 is 0 Å². The maximum absolute atomic E-state index is 13.1. The SMILES string of the molecule is NCC(F)(F)CNC(=O)N1CCn2c(nnc2-c2ccccc2)C1. The molecule has 1 aliphatic rings. The highest BCUT2D eigenvalue weighted by molar-refractivity contribution is 5.74. The van der Waals surface area contributed by atoms with Crippen LogP contribution in [0.5, 0.6) is 0 Å². The zero-order valence-electron chi connectivity index (χ0n) is 13.0. The summed E-state index contributed by atoms with van der Waals surface area (Å²) in [5, 5.41) is 10.5. The number of alkyl halides is 2. The molecular weight excluding hydrogens is 318 g/mol. The molecule has 0 saturated carbocycles. The molecule has 7 nitrogen and oxygen atoms in total. The summed E-state index contributed by atoms with van der Waals surface area (Å²) < 4.78 is 28.2. The molecule has 0 fully saturated rings. The number of carbonyl (C=O) groups is 1. The number of aromatic nitrogens is 3. The van der Waals surface area contributed by atoms with Crippen molar-refractivity contribution in [2.75, 3.05) is 19.6 Å². The maximum atomic E-state index is 13.1. The van der Waals surface area contributed by atoms with Gasteiger partial charge < -0.3 is 20.5 Å². The van der Waals surface area contributed by atoms with E-state index in [1.165, 1.54) is 4.90 Å². The third-order valence-electron chi connectivity index (χ3n) is 3.87. The van der Waals surface area contributed by atoms with Gasteiger partial charge in [-0.25, -0.2) is 13.6 Å². The van der Waals surface area contributed by atoms with Crippen LogP contribution in [0.15, 0.2) is 30.3 Å². The first-order chi connectivity index (χ1) is 11.5. The summed E-state index contributed by atoms with van der Waals surface area (Å²) in [7, 11) is 0. The summed E-state index contributed by atoms with van der Waals surface area (Å²) in [4.78, 5) is 13.5. The number of hydrogen-bond donors (Lipinski definition) is 2. The van der Waals surface area contributed by atoms with Crippen molar-refractivity contribution in [1.29, 1.82) is 0 Å². The highest BCUT2D eigenvalue weighted by Gasteiger charge is 2.30. The number of halogens is 2. The van der Waals surface area contributed by atoms with Gasteiger partial charge in [0, 0.05) is 18.7 Å². The van der Waals surface area contributed by atoms with Gasteiger partial charge in [0.15, 0.2) is 11.6 Å². The monoisotopic (exact) mass is 336 g/mol. The number of hydrogen-bond acceptors (Lipinski definition) is 4. The van der Waals surface area contributed by atoms with Gasteiger partial charge >= 0.3 is 6.03 Å². The van der Waals surface area contributed by atoms with Gasteiger partial charge in [-0.05, 0) is 0 Å². The Labute approximate surface area is 137 Å². The molecule has 1 aromatic carbocycles. The van der Waals surface area contributed by atoms with Crippen molar-refractivity contribution in [3.8, 4) is 11.4 Å². The Hall–Kier alpha value is -2.55.